The summed E-state index contributed by atoms with van der Waals surface area (Å²) >= 11 is 0. The molecule has 6 nitrogen and oxygen atoms in total. The Bertz CT molecular complexity index is 606. The first-order valence-electron chi connectivity index (χ1n) is 5.84. The molecule has 0 fully saturated rings. The van der Waals surface area contributed by atoms with Crippen molar-refractivity contribution in [1.82, 2.24) is 10.3 Å². The van der Waals surface area contributed by atoms with Crippen LogP contribution in [0.2, 0.25) is 0 Å². The van der Waals surface area contributed by atoms with Crippen molar-refractivity contribution in [2.75, 3.05) is 20.7 Å². The number of hydrogen-bond donors (Lipinski definition) is 4. The number of H-pyrrole nitrogens is 1. The van der Waals surface area contributed by atoms with E-state index >= 15 is 0 Å². The van der Waals surface area contributed by atoms with Crippen LogP contribution in [0, 0.1) is 0 Å². The normalized spacial score (nSPS) is 12.6. The molecule has 4 N–H and O–H groups in total. The molecule has 1 atom stereocenters. The number of ether oxygens (including phenoxy) is 1. The van der Waals surface area contributed by atoms with Gasteiger partial charge in [0, 0.05) is 11.9 Å². The van der Waals surface area contributed by atoms with Crippen molar-refractivity contribution in [1.29, 1.82) is 0 Å². The molecule has 0 aliphatic rings. The average molecular weight is 264 g/mol. The van der Waals surface area contributed by atoms with Crippen molar-refractivity contribution in [3.63, 3.8) is 0 Å². The number of likely N-dealkylation sites (N-methyl/N-ethyl adjacent to an activating group) is 1. The van der Waals surface area contributed by atoms with Crippen LogP contribution in [0.25, 0.3) is 10.9 Å². The van der Waals surface area contributed by atoms with E-state index in [4.69, 9.17) is 0 Å². The quantitative estimate of drug-likeness (QED) is 0.616. The largest absolute Gasteiger partial charge is 0.506 e. The van der Waals surface area contributed by atoms with Crippen molar-refractivity contribution in [2.45, 2.75) is 6.10 Å². The molecule has 0 saturated heterocycles. The molecule has 0 aliphatic carbocycles. The molecule has 1 aromatic carbocycles. The van der Waals surface area contributed by atoms with E-state index in [0.717, 1.165) is 0 Å². The van der Waals surface area contributed by atoms with Gasteiger partial charge in [0.1, 0.15) is 11.4 Å². The summed E-state index contributed by atoms with van der Waals surface area (Å²) in [6.45, 7) is 0.374. The zero-order valence-electron chi connectivity index (χ0n) is 10.7. The van der Waals surface area contributed by atoms with Gasteiger partial charge in [0.05, 0.1) is 18.7 Å². The molecule has 1 unspecified atom stereocenters. The molecule has 0 bridgehead atoms. The van der Waals surface area contributed by atoms with Crippen LogP contribution in [-0.4, -0.2) is 41.9 Å². The third-order valence-electron chi connectivity index (χ3n) is 2.97. The molecule has 6 heteroatoms. The van der Waals surface area contributed by atoms with Crippen LogP contribution in [0.15, 0.2) is 18.2 Å². The van der Waals surface area contributed by atoms with Crippen LogP contribution >= 0.6 is 0 Å². The Labute approximate surface area is 110 Å². The lowest BCUT2D eigenvalue weighted by Crippen LogP contribution is -2.16. The lowest BCUT2D eigenvalue weighted by molar-refractivity contribution is 0.0595. The zero-order chi connectivity index (χ0) is 14.0. The summed E-state index contributed by atoms with van der Waals surface area (Å²) in [4.78, 5) is 14.3. The second kappa shape index (κ2) is 5.29. The van der Waals surface area contributed by atoms with Gasteiger partial charge < -0.3 is 25.3 Å². The summed E-state index contributed by atoms with van der Waals surface area (Å²) in [6.07, 6.45) is -0.727. The Kier molecular flexibility index (Phi) is 3.73. The Balaban J connectivity index is 2.57. The number of fused-ring (bicyclic) bond motifs is 1. The third-order valence-corrected chi connectivity index (χ3v) is 2.97. The zero-order valence-corrected chi connectivity index (χ0v) is 10.7. The van der Waals surface area contributed by atoms with E-state index in [2.05, 4.69) is 15.0 Å². The molecular formula is C13H16N2O4. The maximum atomic E-state index is 11.5. The molecule has 0 amide bonds. The van der Waals surface area contributed by atoms with Gasteiger partial charge in [-0.05, 0) is 24.7 Å². The highest BCUT2D eigenvalue weighted by Gasteiger charge is 2.17. The van der Waals surface area contributed by atoms with Crippen LogP contribution < -0.4 is 5.32 Å². The predicted octanol–water partition coefficient (Wildman–Crippen LogP) is 0.913. The number of esters is 1. The average Bonchev–Trinajstić information content (AvgIpc) is 2.84. The molecule has 0 aliphatic heterocycles. The van der Waals surface area contributed by atoms with Crippen molar-refractivity contribution in [2.24, 2.45) is 0 Å². The van der Waals surface area contributed by atoms with E-state index < -0.39 is 12.1 Å². The van der Waals surface area contributed by atoms with Gasteiger partial charge in [0.2, 0.25) is 0 Å². The molecule has 0 spiro atoms. The Morgan fingerprint density at radius 3 is 2.89 bits per heavy atom. The fourth-order valence-corrected chi connectivity index (χ4v) is 2.04. The van der Waals surface area contributed by atoms with Gasteiger partial charge in [-0.3, -0.25) is 0 Å². The van der Waals surface area contributed by atoms with Gasteiger partial charge in [-0.15, -0.1) is 0 Å². The highest BCUT2D eigenvalue weighted by Crippen LogP contribution is 2.31. The van der Waals surface area contributed by atoms with Crippen molar-refractivity contribution in [3.8, 4) is 5.75 Å². The minimum atomic E-state index is -0.727. The SMILES string of the molecule is CNCC(O)c1ccc(O)c2[nH]c(C(=O)OC)cc12. The first-order valence-corrected chi connectivity index (χ1v) is 5.84. The number of phenolic OH excluding ortho intramolecular Hbond substituents is 1. The molecule has 19 heavy (non-hydrogen) atoms. The third kappa shape index (κ3) is 2.40. The van der Waals surface area contributed by atoms with E-state index in [1.807, 2.05) is 0 Å². The molecule has 102 valence electrons. The van der Waals surface area contributed by atoms with Crippen molar-refractivity contribution < 1.29 is 19.7 Å². The number of carbonyl (C=O) groups excluding carboxylic acids is 1. The Morgan fingerprint density at radius 1 is 1.53 bits per heavy atom. The maximum Gasteiger partial charge on any atom is 0.354 e. The monoisotopic (exact) mass is 264 g/mol. The predicted molar refractivity (Wildman–Crippen MR) is 70.2 cm³/mol. The number of aromatic nitrogens is 1. The molecule has 2 rings (SSSR count). The van der Waals surface area contributed by atoms with E-state index in [0.29, 0.717) is 23.0 Å². The Morgan fingerprint density at radius 2 is 2.26 bits per heavy atom. The fraction of sp³-hybridized carbons (Fsp3) is 0.308. The fourth-order valence-electron chi connectivity index (χ4n) is 2.04. The number of aromatic amines is 1. The molecule has 2 aromatic rings. The smallest absolute Gasteiger partial charge is 0.354 e. The van der Waals surface area contributed by atoms with Crippen molar-refractivity contribution >= 4 is 16.9 Å². The van der Waals surface area contributed by atoms with Crippen molar-refractivity contribution in [3.05, 3.63) is 29.5 Å². The number of aliphatic hydroxyl groups is 1. The lowest BCUT2D eigenvalue weighted by Gasteiger charge is -2.11. The van der Waals surface area contributed by atoms with Gasteiger partial charge in [0.25, 0.3) is 0 Å². The summed E-state index contributed by atoms with van der Waals surface area (Å²) in [5, 5.41) is 23.3. The molecule has 0 radical (unpaired) electrons. The first-order chi connectivity index (χ1) is 9.08. The van der Waals surface area contributed by atoms with Crippen LogP contribution in [0.4, 0.5) is 0 Å². The Hall–Kier alpha value is -2.05. The summed E-state index contributed by atoms with van der Waals surface area (Å²) in [6, 6.07) is 4.68. The minimum Gasteiger partial charge on any atom is -0.506 e. The van der Waals surface area contributed by atoms with Gasteiger partial charge in [-0.1, -0.05) is 6.07 Å². The van der Waals surface area contributed by atoms with Crippen LogP contribution in [0.1, 0.15) is 22.2 Å². The number of rotatable bonds is 4. The number of hydrogen-bond acceptors (Lipinski definition) is 5. The number of methoxy groups -OCH3 is 1. The molecule has 1 aromatic heterocycles. The highest BCUT2D eigenvalue weighted by atomic mass is 16.5. The van der Waals surface area contributed by atoms with Gasteiger partial charge in [-0.25, -0.2) is 4.79 Å². The molecule has 0 saturated carbocycles. The standard InChI is InChI=1S/C13H16N2O4/c1-14-6-11(17)7-3-4-10(16)12-8(7)5-9(15-12)13(18)19-2/h3-5,11,14-17H,6H2,1-2H3. The van der Waals surface area contributed by atoms with Gasteiger partial charge >= 0.3 is 5.97 Å². The number of phenols is 1. The van der Waals surface area contributed by atoms with Crippen LogP contribution in [0.5, 0.6) is 5.75 Å². The van der Waals surface area contributed by atoms with Gasteiger partial charge in [-0.2, -0.15) is 0 Å². The highest BCUT2D eigenvalue weighted by molar-refractivity contribution is 5.98. The number of aliphatic hydroxyl groups excluding tert-OH is 1. The van der Waals surface area contributed by atoms with Crippen LogP contribution in [-0.2, 0) is 4.74 Å². The van der Waals surface area contributed by atoms with E-state index in [1.165, 1.54) is 13.2 Å². The number of aromatic hydroxyl groups is 1. The first kappa shape index (κ1) is 13.4. The second-order valence-corrected chi connectivity index (χ2v) is 4.21. The van der Waals surface area contributed by atoms with E-state index in [-0.39, 0.29) is 11.4 Å². The number of benzene rings is 1. The number of nitrogens with one attached hydrogen (secondary N) is 2. The topological polar surface area (TPSA) is 94.6 Å². The maximum absolute atomic E-state index is 11.5. The summed E-state index contributed by atoms with van der Waals surface area (Å²) in [5.74, 6) is -0.504. The molecular weight excluding hydrogens is 248 g/mol. The summed E-state index contributed by atoms with van der Waals surface area (Å²) in [7, 11) is 3.02. The second-order valence-electron chi connectivity index (χ2n) is 4.21. The number of carbonyl (C=O) groups is 1. The summed E-state index contributed by atoms with van der Waals surface area (Å²) < 4.78 is 4.63. The van der Waals surface area contributed by atoms with Gasteiger partial charge in [0.15, 0.2) is 0 Å². The summed E-state index contributed by atoms with van der Waals surface area (Å²) in [5.41, 5.74) is 1.28. The van der Waals surface area contributed by atoms with Crippen LogP contribution in [0.3, 0.4) is 0 Å². The van der Waals surface area contributed by atoms with E-state index in [9.17, 15) is 15.0 Å². The lowest BCUT2D eigenvalue weighted by atomic mass is 10.0. The minimum absolute atomic E-state index is 0.0190. The molecule has 1 heterocycles. The van der Waals surface area contributed by atoms with E-state index in [1.54, 1.807) is 19.2 Å².